The van der Waals surface area contributed by atoms with Crippen molar-refractivity contribution in [2.75, 3.05) is 5.75 Å². The highest BCUT2D eigenvalue weighted by Crippen LogP contribution is 2.26. The van der Waals surface area contributed by atoms with Gasteiger partial charge < -0.3 is 9.47 Å². The highest BCUT2D eigenvalue weighted by Gasteiger charge is 2.29. The smallest absolute Gasteiger partial charge is 0.233 e. The van der Waals surface area contributed by atoms with Gasteiger partial charge in [-0.05, 0) is 33.1 Å². The number of carbonyl (C=O) groups excluding carboxylic acids is 1. The number of likely N-dealkylation sites (tertiary alicyclic amines) is 1. The quantitative estimate of drug-likeness (QED) is 0.798. The minimum Gasteiger partial charge on any atom is -0.337 e. The number of thioether (sulfide) groups is 1. The van der Waals surface area contributed by atoms with Crippen LogP contribution in [-0.4, -0.2) is 43.4 Å². The topological polar surface area (TPSA) is 51.0 Å². The molecule has 24 heavy (non-hydrogen) atoms. The molecule has 1 fully saturated rings. The third kappa shape index (κ3) is 3.48. The largest absolute Gasteiger partial charge is 0.337 e. The molecule has 0 N–H and O–H groups in total. The normalized spacial score (nSPS) is 21.0. The number of benzene rings is 1. The van der Waals surface area contributed by atoms with E-state index in [0.717, 1.165) is 29.4 Å². The van der Waals surface area contributed by atoms with Gasteiger partial charge in [0.25, 0.3) is 0 Å². The van der Waals surface area contributed by atoms with Crippen LogP contribution in [0.3, 0.4) is 0 Å². The van der Waals surface area contributed by atoms with Crippen molar-refractivity contribution >= 4 is 17.7 Å². The molecular weight excluding hydrogens is 320 g/mol. The number of carbonyl (C=O) groups is 1. The van der Waals surface area contributed by atoms with Gasteiger partial charge in [-0.25, -0.2) is 0 Å². The highest BCUT2D eigenvalue weighted by molar-refractivity contribution is 7.99. The summed E-state index contributed by atoms with van der Waals surface area (Å²) in [7, 11) is 1.95. The molecule has 1 aliphatic rings. The van der Waals surface area contributed by atoms with Gasteiger partial charge in [0, 0.05) is 24.7 Å². The molecule has 0 spiro atoms. The molecule has 1 aromatic carbocycles. The van der Waals surface area contributed by atoms with Crippen LogP contribution in [-0.2, 0) is 11.8 Å². The molecular formula is C18H24N4OS. The minimum atomic E-state index is 0.198. The summed E-state index contributed by atoms with van der Waals surface area (Å²) in [6, 6.07) is 10.7. The molecule has 2 atom stereocenters. The van der Waals surface area contributed by atoms with Crippen LogP contribution in [0.15, 0.2) is 35.5 Å². The van der Waals surface area contributed by atoms with E-state index in [-0.39, 0.29) is 5.91 Å². The molecule has 3 rings (SSSR count). The molecule has 5 nitrogen and oxygen atoms in total. The van der Waals surface area contributed by atoms with Gasteiger partial charge in [0.1, 0.15) is 0 Å². The zero-order valence-corrected chi connectivity index (χ0v) is 15.3. The van der Waals surface area contributed by atoms with Crippen molar-refractivity contribution in [1.29, 1.82) is 0 Å². The molecule has 1 aliphatic heterocycles. The van der Waals surface area contributed by atoms with Gasteiger partial charge in [0.2, 0.25) is 5.91 Å². The Morgan fingerprint density at radius 2 is 1.83 bits per heavy atom. The fourth-order valence-corrected chi connectivity index (χ4v) is 4.17. The number of aromatic nitrogens is 3. The Balaban J connectivity index is 1.67. The molecule has 1 amide bonds. The molecule has 1 aromatic heterocycles. The Morgan fingerprint density at radius 1 is 1.17 bits per heavy atom. The lowest BCUT2D eigenvalue weighted by molar-refractivity contribution is -0.134. The zero-order valence-electron chi connectivity index (χ0n) is 14.5. The lowest BCUT2D eigenvalue weighted by Gasteiger charge is -2.39. The number of amides is 1. The Bertz CT molecular complexity index is 690. The molecule has 1 saturated heterocycles. The van der Waals surface area contributed by atoms with Gasteiger partial charge in [0.15, 0.2) is 11.0 Å². The number of rotatable bonds is 4. The lowest BCUT2D eigenvalue weighted by atomic mass is 9.98. The Hall–Kier alpha value is -1.82. The maximum atomic E-state index is 12.6. The van der Waals surface area contributed by atoms with E-state index in [4.69, 9.17) is 0 Å². The van der Waals surface area contributed by atoms with E-state index < -0.39 is 0 Å². The van der Waals surface area contributed by atoms with Crippen LogP contribution in [0.2, 0.25) is 0 Å². The van der Waals surface area contributed by atoms with Crippen molar-refractivity contribution in [2.45, 2.75) is 50.4 Å². The molecule has 0 aliphatic carbocycles. The fourth-order valence-electron chi connectivity index (χ4n) is 3.39. The fraction of sp³-hybridized carbons (Fsp3) is 0.500. The van der Waals surface area contributed by atoms with Crippen molar-refractivity contribution < 1.29 is 4.79 Å². The summed E-state index contributed by atoms with van der Waals surface area (Å²) in [6.07, 6.45) is 3.41. The van der Waals surface area contributed by atoms with Crippen molar-refractivity contribution in [3.63, 3.8) is 0 Å². The minimum absolute atomic E-state index is 0.198. The van der Waals surface area contributed by atoms with E-state index in [9.17, 15) is 4.79 Å². The van der Waals surface area contributed by atoms with Crippen LogP contribution >= 0.6 is 11.8 Å². The standard InChI is InChI=1S/C18H24N4OS/c1-13-8-7-9-14(2)22(13)16(23)12-24-18-20-19-17(21(18)3)15-10-5-4-6-11-15/h4-6,10-11,13-14H,7-9,12H2,1-3H3. The first-order valence-electron chi connectivity index (χ1n) is 8.46. The number of hydrogen-bond donors (Lipinski definition) is 0. The van der Waals surface area contributed by atoms with E-state index in [0.29, 0.717) is 17.8 Å². The van der Waals surface area contributed by atoms with Crippen LogP contribution in [0.25, 0.3) is 11.4 Å². The van der Waals surface area contributed by atoms with Crippen LogP contribution < -0.4 is 0 Å². The Morgan fingerprint density at radius 3 is 2.50 bits per heavy atom. The van der Waals surface area contributed by atoms with Crippen molar-refractivity contribution in [1.82, 2.24) is 19.7 Å². The Kier molecular flexibility index (Phi) is 5.23. The number of hydrogen-bond acceptors (Lipinski definition) is 4. The van der Waals surface area contributed by atoms with E-state index >= 15 is 0 Å². The third-order valence-corrected chi connectivity index (χ3v) is 5.68. The van der Waals surface area contributed by atoms with Gasteiger partial charge in [-0.15, -0.1) is 10.2 Å². The molecule has 0 radical (unpaired) electrons. The lowest BCUT2D eigenvalue weighted by Crippen LogP contribution is -2.48. The molecule has 2 aromatic rings. The summed E-state index contributed by atoms with van der Waals surface area (Å²) in [5.74, 6) is 1.43. The first-order chi connectivity index (χ1) is 11.6. The average molecular weight is 344 g/mol. The molecule has 0 saturated carbocycles. The predicted molar refractivity (Wildman–Crippen MR) is 96.8 cm³/mol. The summed E-state index contributed by atoms with van der Waals surface area (Å²) in [5, 5.41) is 9.30. The summed E-state index contributed by atoms with van der Waals surface area (Å²) < 4.78 is 1.95. The highest BCUT2D eigenvalue weighted by atomic mass is 32.2. The van der Waals surface area contributed by atoms with E-state index in [1.807, 2.05) is 46.8 Å². The van der Waals surface area contributed by atoms with E-state index in [1.165, 1.54) is 18.2 Å². The van der Waals surface area contributed by atoms with Gasteiger partial charge in [0.05, 0.1) is 5.75 Å². The van der Waals surface area contributed by atoms with Crippen molar-refractivity contribution in [2.24, 2.45) is 7.05 Å². The molecule has 2 heterocycles. The van der Waals surface area contributed by atoms with E-state index in [2.05, 4.69) is 24.0 Å². The van der Waals surface area contributed by atoms with Crippen molar-refractivity contribution in [3.8, 4) is 11.4 Å². The van der Waals surface area contributed by atoms with Gasteiger partial charge >= 0.3 is 0 Å². The third-order valence-electron chi connectivity index (χ3n) is 4.67. The summed E-state index contributed by atoms with van der Waals surface area (Å²) in [4.78, 5) is 14.7. The molecule has 0 bridgehead atoms. The number of nitrogens with zero attached hydrogens (tertiary/aromatic N) is 4. The van der Waals surface area contributed by atoms with Gasteiger partial charge in [-0.2, -0.15) is 0 Å². The van der Waals surface area contributed by atoms with Crippen LogP contribution in [0.5, 0.6) is 0 Å². The van der Waals surface area contributed by atoms with Crippen LogP contribution in [0.1, 0.15) is 33.1 Å². The second-order valence-corrected chi connectivity index (χ2v) is 7.39. The van der Waals surface area contributed by atoms with Crippen molar-refractivity contribution in [3.05, 3.63) is 30.3 Å². The SMILES string of the molecule is CC1CCCC(C)N1C(=O)CSc1nnc(-c2ccccc2)n1C. The monoisotopic (exact) mass is 344 g/mol. The maximum Gasteiger partial charge on any atom is 0.233 e. The summed E-state index contributed by atoms with van der Waals surface area (Å²) in [6.45, 7) is 4.29. The summed E-state index contributed by atoms with van der Waals surface area (Å²) in [5.41, 5.74) is 1.03. The summed E-state index contributed by atoms with van der Waals surface area (Å²) >= 11 is 1.47. The second-order valence-electron chi connectivity index (χ2n) is 6.45. The first-order valence-corrected chi connectivity index (χ1v) is 9.45. The van der Waals surface area contributed by atoms with Gasteiger partial charge in [-0.3, -0.25) is 4.79 Å². The van der Waals surface area contributed by atoms with Crippen LogP contribution in [0, 0.1) is 0 Å². The second kappa shape index (κ2) is 7.38. The molecule has 6 heteroatoms. The number of piperidine rings is 1. The van der Waals surface area contributed by atoms with Gasteiger partial charge in [-0.1, -0.05) is 42.1 Å². The Labute approximate surface area is 147 Å². The predicted octanol–water partition coefficient (Wildman–Crippen LogP) is 3.36. The van der Waals surface area contributed by atoms with E-state index in [1.54, 1.807) is 0 Å². The molecule has 128 valence electrons. The maximum absolute atomic E-state index is 12.6. The van der Waals surface area contributed by atoms with Crippen LogP contribution in [0.4, 0.5) is 0 Å². The zero-order chi connectivity index (χ0) is 17.1. The average Bonchev–Trinajstić information content (AvgIpc) is 2.94. The molecule has 2 unspecified atom stereocenters. The first kappa shape index (κ1) is 17.0.